The number of allylic oxidation sites excluding steroid dienone is 3. The van der Waals surface area contributed by atoms with Crippen molar-refractivity contribution in [1.82, 2.24) is 10.2 Å². The van der Waals surface area contributed by atoms with Crippen LogP contribution in [0.1, 0.15) is 65.9 Å². The van der Waals surface area contributed by atoms with Gasteiger partial charge in [-0.3, -0.25) is 0 Å². The first-order valence-corrected chi connectivity index (χ1v) is 14.2. The number of nitrogens with zero attached hydrogens (tertiary/aromatic N) is 2. The van der Waals surface area contributed by atoms with Crippen LogP contribution in [-0.2, 0) is 9.47 Å². The maximum absolute atomic E-state index is 12.9. The molecular weight excluding hydrogens is 488 g/mol. The first-order valence-electron chi connectivity index (χ1n) is 14.2. The number of carbonyl (C=O) groups excluding carboxylic acids is 1. The fourth-order valence-corrected chi connectivity index (χ4v) is 3.59. The molecule has 7 heteroatoms. The highest BCUT2D eigenvalue weighted by Crippen LogP contribution is 2.29. The highest BCUT2D eigenvalue weighted by Gasteiger charge is 2.31. The Kier molecular flexibility index (Phi) is 25.9. The number of nitrogens with one attached hydrogen (secondary N) is 2. The minimum Gasteiger partial charge on any atom is -0.499 e. The molecule has 1 fully saturated rings. The molecule has 2 amide bonds. The standard InChI is InChI=1S/C20H27N3O2.C6H15NO.C4H6.C2H6/c1-4-25-16(3)11-12-23(18-10-9-17(13-18)14-21)20(24)22-19-8-6-5-7-15(19)2;1-3-5-8-6-4-7-2;1-3-4-2;1-2/h5-8,11,17-18H,4,9-10,12-13H2,1-3H3,(H,22,24);7H,3-6H2,1-2H3;3-4H,1-2H2;1-2H3/b16-11+;;;. The van der Waals surface area contributed by atoms with Crippen molar-refractivity contribution in [3.05, 3.63) is 67.0 Å². The molecule has 1 aliphatic rings. The molecule has 0 aliphatic heterocycles. The van der Waals surface area contributed by atoms with Gasteiger partial charge >= 0.3 is 6.03 Å². The molecule has 2 N–H and O–H groups in total. The predicted octanol–water partition coefficient (Wildman–Crippen LogP) is 7.48. The Morgan fingerprint density at radius 1 is 1.18 bits per heavy atom. The number of carbonyl (C=O) groups is 1. The van der Waals surface area contributed by atoms with Crippen LogP contribution in [0.4, 0.5) is 10.5 Å². The Balaban J connectivity index is 0. The summed E-state index contributed by atoms with van der Waals surface area (Å²) in [5, 5.41) is 15.2. The van der Waals surface area contributed by atoms with Gasteiger partial charge < -0.3 is 25.0 Å². The van der Waals surface area contributed by atoms with Gasteiger partial charge in [-0.25, -0.2) is 4.79 Å². The van der Waals surface area contributed by atoms with E-state index < -0.39 is 0 Å². The monoisotopic (exact) mass is 542 g/mol. The van der Waals surface area contributed by atoms with E-state index in [1.807, 2.05) is 76.9 Å². The molecule has 0 heterocycles. The van der Waals surface area contributed by atoms with Crippen molar-refractivity contribution in [2.45, 2.75) is 73.3 Å². The molecule has 1 saturated carbocycles. The third-order valence-electron chi connectivity index (χ3n) is 5.63. The number of likely N-dealkylation sites (N-methyl/N-ethyl adjacent to an activating group) is 1. The Morgan fingerprint density at radius 2 is 1.85 bits per heavy atom. The van der Waals surface area contributed by atoms with E-state index in [1.165, 1.54) is 0 Å². The quantitative estimate of drug-likeness (QED) is 0.162. The average Bonchev–Trinajstić information content (AvgIpc) is 3.43. The van der Waals surface area contributed by atoms with E-state index in [4.69, 9.17) is 14.7 Å². The average molecular weight is 543 g/mol. The van der Waals surface area contributed by atoms with Crippen molar-refractivity contribution >= 4 is 11.7 Å². The van der Waals surface area contributed by atoms with Gasteiger partial charge in [-0.15, -0.1) is 0 Å². The molecule has 0 aromatic heterocycles. The zero-order valence-electron chi connectivity index (χ0n) is 25.6. The van der Waals surface area contributed by atoms with Crippen LogP contribution in [0.5, 0.6) is 0 Å². The van der Waals surface area contributed by atoms with E-state index in [0.29, 0.717) is 13.2 Å². The number of anilines is 1. The van der Waals surface area contributed by atoms with E-state index in [9.17, 15) is 4.79 Å². The van der Waals surface area contributed by atoms with Crippen molar-refractivity contribution in [1.29, 1.82) is 5.26 Å². The van der Waals surface area contributed by atoms with Gasteiger partial charge in [0.2, 0.25) is 0 Å². The SMILES string of the molecule is C=CC=C.CC.CCCOCCNC.CCO/C(C)=C/CN(C(=O)Nc1ccccc1C)C1CCC(C#N)C1. The van der Waals surface area contributed by atoms with Gasteiger partial charge in [0.1, 0.15) is 0 Å². The van der Waals surface area contributed by atoms with E-state index in [1.54, 1.807) is 12.2 Å². The molecule has 1 aromatic rings. The zero-order chi connectivity index (χ0) is 29.9. The van der Waals surface area contributed by atoms with Gasteiger partial charge in [-0.2, -0.15) is 5.26 Å². The lowest BCUT2D eigenvalue weighted by Gasteiger charge is -2.28. The van der Waals surface area contributed by atoms with Gasteiger partial charge in [0.25, 0.3) is 0 Å². The molecule has 0 radical (unpaired) electrons. The smallest absolute Gasteiger partial charge is 0.322 e. The molecule has 1 aliphatic carbocycles. The summed E-state index contributed by atoms with van der Waals surface area (Å²) in [7, 11) is 1.93. The molecule has 7 nitrogen and oxygen atoms in total. The van der Waals surface area contributed by atoms with E-state index in [0.717, 1.165) is 62.5 Å². The van der Waals surface area contributed by atoms with Crippen LogP contribution in [0.2, 0.25) is 0 Å². The topological polar surface area (TPSA) is 86.6 Å². The highest BCUT2D eigenvalue weighted by atomic mass is 16.5. The van der Waals surface area contributed by atoms with Gasteiger partial charge in [0, 0.05) is 37.3 Å². The first kappa shape index (κ1) is 38.1. The number of aryl methyl sites for hydroxylation is 1. The molecule has 2 unspecified atom stereocenters. The van der Waals surface area contributed by atoms with Gasteiger partial charge in [0.05, 0.1) is 25.0 Å². The summed E-state index contributed by atoms with van der Waals surface area (Å²) in [5.74, 6) is 0.849. The number of hydrogen-bond donors (Lipinski definition) is 2. The first-order chi connectivity index (χ1) is 18.9. The minimum absolute atomic E-state index is 0.0377. The molecular formula is C32H54N4O3. The number of ether oxygens (including phenoxy) is 2. The normalized spacial score (nSPS) is 15.5. The number of benzene rings is 1. The molecule has 0 saturated heterocycles. The Labute approximate surface area is 239 Å². The summed E-state index contributed by atoms with van der Waals surface area (Å²) in [6.45, 7) is 22.4. The summed E-state index contributed by atoms with van der Waals surface area (Å²) >= 11 is 0. The molecule has 0 spiro atoms. The highest BCUT2D eigenvalue weighted by molar-refractivity contribution is 5.90. The van der Waals surface area contributed by atoms with Crippen molar-refractivity contribution in [2.24, 2.45) is 5.92 Å². The van der Waals surface area contributed by atoms with Crippen LogP contribution >= 0.6 is 0 Å². The van der Waals surface area contributed by atoms with Crippen LogP contribution in [0.15, 0.2) is 61.4 Å². The lowest BCUT2D eigenvalue weighted by Crippen LogP contribution is -2.42. The summed E-state index contributed by atoms with van der Waals surface area (Å²) in [6.07, 6.45) is 8.77. The molecule has 2 rings (SSSR count). The lowest BCUT2D eigenvalue weighted by molar-refractivity contribution is 0.138. The number of amides is 2. The Hall–Kier alpha value is -3.08. The maximum Gasteiger partial charge on any atom is 0.322 e. The van der Waals surface area contributed by atoms with Crippen LogP contribution in [-0.4, -0.2) is 56.9 Å². The number of para-hydroxylation sites is 1. The van der Waals surface area contributed by atoms with Crippen molar-refractivity contribution in [3.8, 4) is 6.07 Å². The molecule has 1 aromatic carbocycles. The number of urea groups is 1. The fraction of sp³-hybridized carbons (Fsp3) is 0.562. The number of hydrogen-bond acceptors (Lipinski definition) is 5. The van der Waals surface area contributed by atoms with Crippen molar-refractivity contribution < 1.29 is 14.3 Å². The number of nitriles is 1. The van der Waals surface area contributed by atoms with Crippen LogP contribution < -0.4 is 10.6 Å². The molecule has 39 heavy (non-hydrogen) atoms. The van der Waals surface area contributed by atoms with E-state index >= 15 is 0 Å². The number of rotatable bonds is 12. The zero-order valence-corrected chi connectivity index (χ0v) is 25.6. The van der Waals surface area contributed by atoms with Crippen LogP contribution in [0.3, 0.4) is 0 Å². The third kappa shape index (κ3) is 18.8. The summed E-state index contributed by atoms with van der Waals surface area (Å²) < 4.78 is 10.6. The van der Waals surface area contributed by atoms with Gasteiger partial charge in [0.15, 0.2) is 0 Å². The summed E-state index contributed by atoms with van der Waals surface area (Å²) in [5.41, 5.74) is 1.84. The third-order valence-corrected chi connectivity index (χ3v) is 5.63. The second-order valence-corrected chi connectivity index (χ2v) is 8.63. The molecule has 0 bridgehead atoms. The van der Waals surface area contributed by atoms with Gasteiger partial charge in [-0.1, -0.05) is 64.3 Å². The molecule has 220 valence electrons. The second kappa shape index (κ2) is 26.5. The fourth-order valence-electron chi connectivity index (χ4n) is 3.59. The Bertz CT molecular complexity index is 836. The summed E-state index contributed by atoms with van der Waals surface area (Å²) in [6, 6.07) is 10.0. The van der Waals surface area contributed by atoms with E-state index in [-0.39, 0.29) is 18.0 Å². The largest absolute Gasteiger partial charge is 0.499 e. The lowest BCUT2D eigenvalue weighted by atomic mass is 10.1. The Morgan fingerprint density at radius 3 is 2.36 bits per heavy atom. The van der Waals surface area contributed by atoms with Crippen molar-refractivity contribution in [3.63, 3.8) is 0 Å². The summed E-state index contributed by atoms with van der Waals surface area (Å²) in [4.78, 5) is 14.7. The second-order valence-electron chi connectivity index (χ2n) is 8.63. The molecule has 2 atom stereocenters. The maximum atomic E-state index is 12.9. The van der Waals surface area contributed by atoms with Crippen LogP contribution in [0, 0.1) is 24.2 Å². The van der Waals surface area contributed by atoms with Gasteiger partial charge in [-0.05, 0) is 71.2 Å². The van der Waals surface area contributed by atoms with E-state index in [2.05, 4.69) is 36.8 Å². The predicted molar refractivity (Wildman–Crippen MR) is 166 cm³/mol. The van der Waals surface area contributed by atoms with Crippen molar-refractivity contribution in [2.75, 3.05) is 45.3 Å². The van der Waals surface area contributed by atoms with Crippen LogP contribution in [0.25, 0.3) is 0 Å². The minimum atomic E-state index is -0.126.